The van der Waals surface area contributed by atoms with Crippen LogP contribution in [0.1, 0.15) is 56.1 Å². The number of piperidine rings is 1. The molecule has 7 heteroatoms. The molecule has 2 aliphatic heterocycles. The number of amides is 1. The minimum atomic E-state index is -0.122. The molecule has 0 saturated carbocycles. The molecule has 2 atom stereocenters. The van der Waals surface area contributed by atoms with Crippen LogP contribution in [0.2, 0.25) is 0 Å². The van der Waals surface area contributed by atoms with Gasteiger partial charge in [-0.2, -0.15) is 11.8 Å². The van der Waals surface area contributed by atoms with Gasteiger partial charge in [-0.3, -0.25) is 4.79 Å². The number of likely N-dealkylation sites (N-methyl/N-ethyl adjacent to an activating group) is 1. The highest BCUT2D eigenvalue weighted by molar-refractivity contribution is 7.99. The molecule has 2 saturated heterocycles. The van der Waals surface area contributed by atoms with E-state index in [9.17, 15) is 9.18 Å². The molecule has 0 N–H and O–H groups in total. The van der Waals surface area contributed by atoms with Crippen LogP contribution in [0.15, 0.2) is 47.4 Å². The van der Waals surface area contributed by atoms with Crippen LogP contribution in [-0.2, 0) is 11.2 Å². The highest BCUT2D eigenvalue weighted by atomic mass is 32.2. The molecule has 4 rings (SSSR count). The zero-order valence-corrected chi connectivity index (χ0v) is 25.1. The molecule has 2 aliphatic rings. The summed E-state index contributed by atoms with van der Waals surface area (Å²) in [6, 6.07) is 14.2. The highest BCUT2D eigenvalue weighted by Crippen LogP contribution is 2.38. The van der Waals surface area contributed by atoms with E-state index in [1.165, 1.54) is 34.8 Å². The van der Waals surface area contributed by atoms with Gasteiger partial charge in [0.2, 0.25) is 5.91 Å². The highest BCUT2D eigenvalue weighted by Gasteiger charge is 2.29. The number of hydrogen-bond donors (Lipinski definition) is 0. The third-order valence-corrected chi connectivity index (χ3v) is 10.3. The van der Waals surface area contributed by atoms with Crippen LogP contribution in [0.3, 0.4) is 0 Å². The van der Waals surface area contributed by atoms with Crippen molar-refractivity contribution in [3.8, 4) is 0 Å². The molecule has 2 aromatic rings. The van der Waals surface area contributed by atoms with Crippen molar-refractivity contribution in [1.82, 2.24) is 9.80 Å². The normalized spacial score (nSPS) is 18.6. The molecule has 0 aliphatic carbocycles. The molecule has 0 bridgehead atoms. The summed E-state index contributed by atoms with van der Waals surface area (Å²) in [7, 11) is 2.67. The molecule has 37 heavy (non-hydrogen) atoms. The Morgan fingerprint density at radius 1 is 1.14 bits per heavy atom. The Kier molecular flexibility index (Phi) is 11.2. The number of carbonyl (C=O) groups excluding carboxylic acids is 1. The van der Waals surface area contributed by atoms with Crippen molar-refractivity contribution in [1.29, 1.82) is 0 Å². The van der Waals surface area contributed by atoms with Gasteiger partial charge in [-0.15, -0.1) is 21.0 Å². The molecule has 1 amide bonds. The van der Waals surface area contributed by atoms with Crippen molar-refractivity contribution < 1.29 is 9.18 Å². The number of benzene rings is 2. The summed E-state index contributed by atoms with van der Waals surface area (Å²) in [5, 5.41) is 0.940. The van der Waals surface area contributed by atoms with E-state index in [-0.39, 0.29) is 11.7 Å². The van der Waals surface area contributed by atoms with E-state index in [1.54, 1.807) is 23.9 Å². The fourth-order valence-electron chi connectivity index (χ4n) is 6.08. The first-order valence-electron chi connectivity index (χ1n) is 13.7. The largest absolute Gasteiger partial charge is 0.340 e. The van der Waals surface area contributed by atoms with Gasteiger partial charge < -0.3 is 9.80 Å². The molecule has 2 fully saturated rings. The lowest BCUT2D eigenvalue weighted by Gasteiger charge is -2.39. The number of rotatable bonds is 10. The molecule has 0 aromatic heterocycles. The summed E-state index contributed by atoms with van der Waals surface area (Å²) in [4.78, 5) is 19.1. The Hall–Kier alpha value is -1.07. The first-order valence-corrected chi connectivity index (χ1v) is 16.7. The second-order valence-corrected chi connectivity index (χ2v) is 13.2. The third kappa shape index (κ3) is 8.21. The quantitative estimate of drug-likeness (QED) is 0.254. The number of likely N-dealkylation sites (tertiary alicyclic amines) is 1. The van der Waals surface area contributed by atoms with E-state index in [4.69, 9.17) is 0 Å². The molecule has 0 radical (unpaired) electrons. The lowest BCUT2D eigenvalue weighted by Crippen LogP contribution is -2.48. The monoisotopic (exact) mass is 560 g/mol. The van der Waals surface area contributed by atoms with Gasteiger partial charge in [0.05, 0.1) is 6.42 Å². The van der Waals surface area contributed by atoms with Gasteiger partial charge in [-0.05, 0) is 116 Å². The predicted molar refractivity (Wildman–Crippen MR) is 162 cm³/mol. The Bertz CT molecular complexity index is 987. The molecule has 0 spiro atoms. The summed E-state index contributed by atoms with van der Waals surface area (Å²) in [6.07, 6.45) is 8.16. The second-order valence-electron chi connectivity index (χ2n) is 10.4. The topological polar surface area (TPSA) is 23.6 Å². The smallest absolute Gasteiger partial charge is 0.227 e. The number of carbonyl (C=O) groups is 1. The Labute approximate surface area is 233 Å². The lowest BCUT2D eigenvalue weighted by molar-refractivity contribution is -0.133. The average molecular weight is 561 g/mol. The molecule has 2 heterocycles. The van der Waals surface area contributed by atoms with Crippen LogP contribution < -0.4 is 5.30 Å². The summed E-state index contributed by atoms with van der Waals surface area (Å²) < 4.78 is 14.3. The molecular weight excluding hydrogens is 518 g/mol. The predicted octanol–water partition coefficient (Wildman–Crippen LogP) is 6.22. The number of halogens is 1. The summed E-state index contributed by atoms with van der Waals surface area (Å²) in [5.74, 6) is 3.62. The van der Waals surface area contributed by atoms with Gasteiger partial charge in [0.15, 0.2) is 0 Å². The van der Waals surface area contributed by atoms with Crippen molar-refractivity contribution in [2.24, 2.45) is 5.92 Å². The Morgan fingerprint density at radius 3 is 2.46 bits per heavy atom. The van der Waals surface area contributed by atoms with Crippen LogP contribution in [0, 0.1) is 11.7 Å². The zero-order chi connectivity index (χ0) is 26.2. The van der Waals surface area contributed by atoms with Crippen LogP contribution >= 0.6 is 32.8 Å². The maximum atomic E-state index is 14.3. The van der Waals surface area contributed by atoms with Crippen molar-refractivity contribution in [2.45, 2.75) is 62.3 Å². The van der Waals surface area contributed by atoms with Crippen molar-refractivity contribution in [3.63, 3.8) is 0 Å². The van der Waals surface area contributed by atoms with Gasteiger partial charge in [0.25, 0.3) is 0 Å². The lowest BCUT2D eigenvalue weighted by atomic mass is 9.80. The van der Waals surface area contributed by atoms with Crippen LogP contribution in [0.25, 0.3) is 0 Å². The molecule has 202 valence electrons. The van der Waals surface area contributed by atoms with Gasteiger partial charge >= 0.3 is 0 Å². The van der Waals surface area contributed by atoms with Gasteiger partial charge in [0.1, 0.15) is 5.82 Å². The van der Waals surface area contributed by atoms with E-state index in [0.717, 1.165) is 56.3 Å². The average Bonchev–Trinajstić information content (AvgIpc) is 2.90. The molecule has 3 nitrogen and oxygen atoms in total. The van der Waals surface area contributed by atoms with Gasteiger partial charge in [0, 0.05) is 30.6 Å². The van der Waals surface area contributed by atoms with Crippen LogP contribution in [0.4, 0.5) is 4.39 Å². The van der Waals surface area contributed by atoms with Gasteiger partial charge in [-0.1, -0.05) is 18.2 Å². The zero-order valence-electron chi connectivity index (χ0n) is 22.3. The summed E-state index contributed by atoms with van der Waals surface area (Å²) in [5.41, 5.74) is 2.27. The number of hydrogen-bond acceptors (Lipinski definition) is 4. The van der Waals surface area contributed by atoms with Crippen molar-refractivity contribution in [3.05, 3.63) is 59.4 Å². The molecular formula is C30H42FN2OPS2. The van der Waals surface area contributed by atoms with E-state index >= 15 is 0 Å². The first-order chi connectivity index (χ1) is 18.0. The number of nitrogens with zero attached hydrogens (tertiary/aromatic N) is 2. The molecule has 2 unspecified atom stereocenters. The number of thioether (sulfide) groups is 2. The van der Waals surface area contributed by atoms with Crippen molar-refractivity contribution >= 4 is 44.0 Å². The minimum Gasteiger partial charge on any atom is -0.340 e. The van der Waals surface area contributed by atoms with E-state index in [2.05, 4.69) is 74.3 Å². The van der Waals surface area contributed by atoms with E-state index in [0.29, 0.717) is 24.3 Å². The summed E-state index contributed by atoms with van der Waals surface area (Å²) in [6.45, 7) is 5.98. The van der Waals surface area contributed by atoms with Gasteiger partial charge in [-0.25, -0.2) is 4.39 Å². The van der Waals surface area contributed by atoms with Crippen LogP contribution in [0.5, 0.6) is 0 Å². The second kappa shape index (κ2) is 14.4. The fourth-order valence-corrected chi connectivity index (χ4v) is 7.98. The Balaban J connectivity index is 1.31. The van der Waals surface area contributed by atoms with E-state index < -0.39 is 0 Å². The SMILES string of the molecule is CCN(C(=O)Cc1ccc(SC)cc1)C1CCN(CCC(c2cc(F)cc(P)c2)C2CCSCC2)CC1. The maximum Gasteiger partial charge on any atom is 0.227 e. The fraction of sp³-hybridized carbons (Fsp3) is 0.567. The standard InChI is InChI=1S/C30H42FN2OPS2/c1-3-33(30(34)18-22-4-6-28(36-2)7-5-22)26-8-13-32(14-9-26)15-10-29(23-11-16-37-17-12-23)24-19-25(31)21-27(35)20-24/h4-7,19-21,23,26,29H,3,8-18,35H2,1-2H3. The first kappa shape index (κ1) is 28.9. The third-order valence-electron chi connectivity index (χ3n) is 8.14. The summed E-state index contributed by atoms with van der Waals surface area (Å²) >= 11 is 3.78. The Morgan fingerprint density at radius 2 is 1.84 bits per heavy atom. The van der Waals surface area contributed by atoms with E-state index in [1.807, 2.05) is 0 Å². The minimum absolute atomic E-state index is 0.122. The molecule has 2 aromatic carbocycles. The maximum absolute atomic E-state index is 14.3. The van der Waals surface area contributed by atoms with Crippen LogP contribution in [-0.4, -0.2) is 65.7 Å². The van der Waals surface area contributed by atoms with Crippen molar-refractivity contribution in [2.75, 3.05) is 43.9 Å².